The normalized spacial score (nSPS) is 11.3. The molecule has 1 rings (SSSR count). The maximum Gasteiger partial charge on any atom is 0.231 e. The molecule has 0 atom stereocenters. The van der Waals surface area contributed by atoms with Gasteiger partial charge in [0, 0.05) is 11.6 Å². The van der Waals surface area contributed by atoms with Gasteiger partial charge >= 0.3 is 0 Å². The van der Waals surface area contributed by atoms with Gasteiger partial charge in [-0.2, -0.15) is 0 Å². The average molecular weight is 309 g/mol. The molecule has 5 heteroatoms. The van der Waals surface area contributed by atoms with Gasteiger partial charge in [-0.3, -0.25) is 4.79 Å². The van der Waals surface area contributed by atoms with Crippen LogP contribution in [0.3, 0.4) is 0 Å². The smallest absolute Gasteiger partial charge is 0.231 e. The first-order chi connectivity index (χ1) is 7.36. The SMILES string of the molecule is CC(C)(CCl)C(=O)Nc1ccc(F)c(Br)c1. The number of amides is 1. The second-order valence-electron chi connectivity index (χ2n) is 4.10. The molecule has 0 aliphatic heterocycles. The lowest BCUT2D eigenvalue weighted by Gasteiger charge is -2.20. The quantitative estimate of drug-likeness (QED) is 0.846. The molecule has 16 heavy (non-hydrogen) atoms. The highest BCUT2D eigenvalue weighted by Gasteiger charge is 2.26. The predicted octanol–water partition coefficient (Wildman–Crippen LogP) is 3.79. The Morgan fingerprint density at radius 2 is 2.19 bits per heavy atom. The lowest BCUT2D eigenvalue weighted by Crippen LogP contribution is -2.32. The number of benzene rings is 1. The van der Waals surface area contributed by atoms with Gasteiger partial charge in [0.15, 0.2) is 0 Å². The van der Waals surface area contributed by atoms with E-state index < -0.39 is 5.41 Å². The van der Waals surface area contributed by atoms with Crippen LogP contribution in [0.4, 0.5) is 10.1 Å². The van der Waals surface area contributed by atoms with Crippen molar-refractivity contribution in [3.05, 3.63) is 28.5 Å². The number of carbonyl (C=O) groups is 1. The van der Waals surface area contributed by atoms with Gasteiger partial charge in [-0.1, -0.05) is 0 Å². The second kappa shape index (κ2) is 5.15. The van der Waals surface area contributed by atoms with Crippen molar-refractivity contribution in [2.45, 2.75) is 13.8 Å². The molecule has 1 amide bonds. The maximum atomic E-state index is 13.0. The number of carbonyl (C=O) groups excluding carboxylic acids is 1. The first kappa shape index (κ1) is 13.5. The minimum Gasteiger partial charge on any atom is -0.326 e. The summed E-state index contributed by atoms with van der Waals surface area (Å²) in [5.41, 5.74) is -0.112. The number of anilines is 1. The van der Waals surface area contributed by atoms with E-state index >= 15 is 0 Å². The van der Waals surface area contributed by atoms with Gasteiger partial charge in [0.1, 0.15) is 5.82 Å². The minimum atomic E-state index is -0.650. The van der Waals surface area contributed by atoms with Crippen molar-refractivity contribution in [1.29, 1.82) is 0 Å². The molecule has 0 spiro atoms. The van der Waals surface area contributed by atoms with Crippen LogP contribution in [0.5, 0.6) is 0 Å². The van der Waals surface area contributed by atoms with Crippen molar-refractivity contribution in [3.63, 3.8) is 0 Å². The summed E-state index contributed by atoms with van der Waals surface area (Å²) >= 11 is 8.73. The summed E-state index contributed by atoms with van der Waals surface area (Å²) in [6, 6.07) is 4.30. The van der Waals surface area contributed by atoms with Crippen LogP contribution in [-0.4, -0.2) is 11.8 Å². The Hall–Kier alpha value is -0.610. The Labute approximate surface area is 107 Å². The lowest BCUT2D eigenvalue weighted by atomic mass is 9.95. The van der Waals surface area contributed by atoms with Gasteiger partial charge in [-0.05, 0) is 48.0 Å². The number of nitrogens with one attached hydrogen (secondary N) is 1. The van der Waals surface area contributed by atoms with E-state index in [1.54, 1.807) is 13.8 Å². The van der Waals surface area contributed by atoms with Crippen LogP contribution in [0.25, 0.3) is 0 Å². The summed E-state index contributed by atoms with van der Waals surface area (Å²) < 4.78 is 13.3. The maximum absolute atomic E-state index is 13.0. The molecule has 0 saturated heterocycles. The summed E-state index contributed by atoms with van der Waals surface area (Å²) in [6.07, 6.45) is 0. The van der Waals surface area contributed by atoms with E-state index in [1.165, 1.54) is 18.2 Å². The van der Waals surface area contributed by atoms with Crippen molar-refractivity contribution in [2.75, 3.05) is 11.2 Å². The number of hydrogen-bond acceptors (Lipinski definition) is 1. The van der Waals surface area contributed by atoms with E-state index in [4.69, 9.17) is 11.6 Å². The Bertz CT molecular complexity index is 409. The largest absolute Gasteiger partial charge is 0.326 e. The number of halogens is 3. The monoisotopic (exact) mass is 307 g/mol. The molecule has 0 heterocycles. The van der Waals surface area contributed by atoms with Crippen LogP contribution in [0.2, 0.25) is 0 Å². The predicted molar refractivity (Wildman–Crippen MR) is 67.2 cm³/mol. The van der Waals surface area contributed by atoms with E-state index in [1.807, 2.05) is 0 Å². The summed E-state index contributed by atoms with van der Waals surface area (Å²) in [5, 5.41) is 2.68. The number of hydrogen-bond donors (Lipinski definition) is 1. The van der Waals surface area contributed by atoms with E-state index in [9.17, 15) is 9.18 Å². The number of alkyl halides is 1. The van der Waals surface area contributed by atoms with Gasteiger partial charge < -0.3 is 5.32 Å². The molecule has 0 fully saturated rings. The van der Waals surface area contributed by atoms with E-state index in [0.29, 0.717) is 10.2 Å². The molecule has 1 aromatic carbocycles. The van der Waals surface area contributed by atoms with Gasteiger partial charge in [-0.15, -0.1) is 11.6 Å². The zero-order valence-electron chi connectivity index (χ0n) is 8.98. The lowest BCUT2D eigenvalue weighted by molar-refractivity contribution is -0.122. The third kappa shape index (κ3) is 3.19. The Morgan fingerprint density at radius 3 is 2.69 bits per heavy atom. The fraction of sp³-hybridized carbons (Fsp3) is 0.364. The Kier molecular flexibility index (Phi) is 4.33. The molecule has 0 aliphatic rings. The van der Waals surface area contributed by atoms with Gasteiger partial charge in [-0.25, -0.2) is 4.39 Å². The van der Waals surface area contributed by atoms with Crippen molar-refractivity contribution < 1.29 is 9.18 Å². The van der Waals surface area contributed by atoms with Gasteiger partial charge in [0.2, 0.25) is 5.91 Å². The molecule has 0 bridgehead atoms. The van der Waals surface area contributed by atoms with Gasteiger partial charge in [0.25, 0.3) is 0 Å². The molecular formula is C11H12BrClFNO. The summed E-state index contributed by atoms with van der Waals surface area (Å²) in [6.45, 7) is 3.49. The average Bonchev–Trinajstić information content (AvgIpc) is 2.23. The fourth-order valence-electron chi connectivity index (χ4n) is 0.935. The minimum absolute atomic E-state index is 0.194. The molecule has 0 saturated carbocycles. The summed E-state index contributed by atoms with van der Waals surface area (Å²) in [4.78, 5) is 11.8. The van der Waals surface area contributed by atoms with Crippen molar-refractivity contribution in [3.8, 4) is 0 Å². The molecular weight excluding hydrogens is 296 g/mol. The fourth-order valence-corrected chi connectivity index (χ4v) is 1.44. The van der Waals surface area contributed by atoms with Crippen LogP contribution in [0.1, 0.15) is 13.8 Å². The van der Waals surface area contributed by atoms with E-state index in [2.05, 4.69) is 21.2 Å². The van der Waals surface area contributed by atoms with Crippen LogP contribution >= 0.6 is 27.5 Å². The Morgan fingerprint density at radius 1 is 1.56 bits per heavy atom. The highest BCUT2D eigenvalue weighted by atomic mass is 79.9. The van der Waals surface area contributed by atoms with Crippen LogP contribution in [0, 0.1) is 11.2 Å². The standard InChI is InChI=1S/C11H12BrClFNO/c1-11(2,6-13)10(16)15-7-3-4-9(14)8(12)5-7/h3-5H,6H2,1-2H3,(H,15,16). The number of rotatable bonds is 3. The zero-order chi connectivity index (χ0) is 12.3. The molecule has 88 valence electrons. The summed E-state index contributed by atoms with van der Waals surface area (Å²) in [5.74, 6) is -0.336. The molecule has 1 N–H and O–H groups in total. The van der Waals surface area contributed by atoms with Crippen LogP contribution in [-0.2, 0) is 4.79 Å². The highest BCUT2D eigenvalue weighted by Crippen LogP contribution is 2.23. The zero-order valence-corrected chi connectivity index (χ0v) is 11.3. The van der Waals surface area contributed by atoms with Crippen molar-refractivity contribution >= 4 is 39.1 Å². The van der Waals surface area contributed by atoms with Crippen LogP contribution in [0.15, 0.2) is 22.7 Å². The topological polar surface area (TPSA) is 29.1 Å². The van der Waals surface area contributed by atoms with Gasteiger partial charge in [0.05, 0.1) is 9.89 Å². The van der Waals surface area contributed by atoms with Crippen molar-refractivity contribution in [2.24, 2.45) is 5.41 Å². The molecule has 0 unspecified atom stereocenters. The highest BCUT2D eigenvalue weighted by molar-refractivity contribution is 9.10. The van der Waals surface area contributed by atoms with E-state index in [0.717, 1.165) is 0 Å². The Balaban J connectivity index is 2.82. The van der Waals surface area contributed by atoms with Crippen LogP contribution < -0.4 is 5.32 Å². The second-order valence-corrected chi connectivity index (χ2v) is 5.22. The third-order valence-electron chi connectivity index (χ3n) is 2.13. The third-order valence-corrected chi connectivity index (χ3v) is 3.40. The molecule has 1 aromatic rings. The van der Waals surface area contributed by atoms with Crippen molar-refractivity contribution in [1.82, 2.24) is 0 Å². The summed E-state index contributed by atoms with van der Waals surface area (Å²) in [7, 11) is 0. The first-order valence-electron chi connectivity index (χ1n) is 4.69. The molecule has 0 radical (unpaired) electrons. The molecule has 2 nitrogen and oxygen atoms in total. The van der Waals surface area contributed by atoms with E-state index in [-0.39, 0.29) is 17.6 Å². The molecule has 0 aliphatic carbocycles. The molecule has 0 aromatic heterocycles. The first-order valence-corrected chi connectivity index (χ1v) is 6.02.